The highest BCUT2D eigenvalue weighted by Crippen LogP contribution is 2.51. The Morgan fingerprint density at radius 3 is 2.38 bits per heavy atom. The highest BCUT2D eigenvalue weighted by atomic mass is 35.5. The monoisotopic (exact) mass is 500 g/mol. The van der Waals surface area contributed by atoms with Crippen LogP contribution in [0, 0.1) is 0 Å². The number of ether oxygens (including phenoxy) is 1. The van der Waals surface area contributed by atoms with Crippen LogP contribution in [-0.2, 0) is 34.1 Å². The smallest absolute Gasteiger partial charge is 0.474 e. The summed E-state index contributed by atoms with van der Waals surface area (Å²) in [6.07, 6.45) is -0.259. The number of thioether (sulfide) groups is 1. The standard InChI is InChI=1S/C21H22ClO7PS.CH4/c1-26-30(25,27-2)29-19(15-4-3-5-16(22)11-15)13-28-17-8-6-14(7-9-17)10-20-18(23)12-21(24)31-20;/h3-9,11,19-20H,10,12-13H2,1-2H3;1H4. The molecule has 1 aliphatic rings. The van der Waals surface area contributed by atoms with Crippen LogP contribution in [0.15, 0.2) is 48.5 Å². The molecule has 0 spiro atoms. The molecule has 2 aromatic rings. The van der Waals surface area contributed by atoms with Gasteiger partial charge in [-0.2, -0.15) is 0 Å². The van der Waals surface area contributed by atoms with Crippen LogP contribution in [0.3, 0.4) is 0 Å². The van der Waals surface area contributed by atoms with Gasteiger partial charge >= 0.3 is 7.82 Å². The van der Waals surface area contributed by atoms with E-state index >= 15 is 0 Å². The van der Waals surface area contributed by atoms with E-state index in [2.05, 4.69) is 0 Å². The Hall–Kier alpha value is -1.67. The van der Waals surface area contributed by atoms with Crippen molar-refractivity contribution in [3.63, 3.8) is 0 Å². The Balaban J connectivity index is 0.00000363. The van der Waals surface area contributed by atoms with E-state index < -0.39 is 13.9 Å². The largest absolute Gasteiger partial charge is 0.491 e. The Kier molecular flexibility index (Phi) is 9.95. The average Bonchev–Trinajstić information content (AvgIpc) is 3.08. The fourth-order valence-corrected chi connectivity index (χ4v) is 5.04. The summed E-state index contributed by atoms with van der Waals surface area (Å²) in [7, 11) is -1.29. The summed E-state index contributed by atoms with van der Waals surface area (Å²) in [5, 5.41) is 0.0986. The third-order valence-corrected chi connectivity index (χ3v) is 7.38. The fourth-order valence-electron chi connectivity index (χ4n) is 3.00. The van der Waals surface area contributed by atoms with Gasteiger partial charge in [-0.3, -0.25) is 23.2 Å². The summed E-state index contributed by atoms with van der Waals surface area (Å²) in [5.74, 6) is 0.531. The zero-order valence-corrected chi connectivity index (χ0v) is 19.5. The van der Waals surface area contributed by atoms with Gasteiger partial charge in [0.15, 0.2) is 10.9 Å². The minimum absolute atomic E-state index is 0. The van der Waals surface area contributed by atoms with Crippen LogP contribution >= 0.6 is 31.2 Å². The highest BCUT2D eigenvalue weighted by molar-refractivity contribution is 8.15. The Bertz CT molecular complexity index is 974. The summed E-state index contributed by atoms with van der Waals surface area (Å²) in [5.41, 5.74) is 1.58. The van der Waals surface area contributed by atoms with Crippen LogP contribution in [0.5, 0.6) is 5.75 Å². The summed E-state index contributed by atoms with van der Waals surface area (Å²) < 4.78 is 33.7. The van der Waals surface area contributed by atoms with Gasteiger partial charge in [0.05, 0.1) is 11.7 Å². The number of hydrogen-bond acceptors (Lipinski definition) is 8. The summed E-state index contributed by atoms with van der Waals surface area (Å²) in [6, 6.07) is 14.1. The average molecular weight is 501 g/mol. The van der Waals surface area contributed by atoms with Gasteiger partial charge in [0, 0.05) is 19.2 Å². The zero-order chi connectivity index (χ0) is 22.4. The molecule has 1 aliphatic heterocycles. The number of phosphoric acid groups is 1. The Labute approximate surface area is 197 Å². The van der Waals surface area contributed by atoms with E-state index in [4.69, 9.17) is 29.9 Å². The van der Waals surface area contributed by atoms with Crippen LogP contribution in [-0.4, -0.2) is 37.0 Å². The third-order valence-electron chi connectivity index (χ3n) is 4.62. The van der Waals surface area contributed by atoms with Gasteiger partial charge in [-0.1, -0.05) is 55.1 Å². The maximum Gasteiger partial charge on any atom is 0.474 e. The van der Waals surface area contributed by atoms with E-state index in [1.165, 1.54) is 14.2 Å². The normalized spacial score (nSPS) is 17.2. The molecule has 2 atom stereocenters. The molecule has 1 saturated heterocycles. The van der Waals surface area contributed by atoms with E-state index in [9.17, 15) is 14.2 Å². The minimum atomic E-state index is -3.76. The lowest BCUT2D eigenvalue weighted by Crippen LogP contribution is -2.14. The van der Waals surface area contributed by atoms with Crippen LogP contribution < -0.4 is 4.74 Å². The second-order valence-electron chi connectivity index (χ2n) is 6.74. The predicted octanol–water partition coefficient (Wildman–Crippen LogP) is 5.66. The number of ketones is 1. The van der Waals surface area contributed by atoms with Crippen LogP contribution in [0.4, 0.5) is 0 Å². The number of carbonyl (C=O) groups is 2. The van der Waals surface area contributed by atoms with Crippen molar-refractivity contribution in [1.29, 1.82) is 0 Å². The van der Waals surface area contributed by atoms with Crippen LogP contribution in [0.1, 0.15) is 31.1 Å². The lowest BCUT2D eigenvalue weighted by Gasteiger charge is -2.22. The fraction of sp³-hybridized carbons (Fsp3) is 0.364. The van der Waals surface area contributed by atoms with Crippen molar-refractivity contribution < 1.29 is 32.5 Å². The third kappa shape index (κ3) is 7.17. The highest BCUT2D eigenvalue weighted by Gasteiger charge is 2.32. The van der Waals surface area contributed by atoms with Gasteiger partial charge in [-0.05, 0) is 41.8 Å². The van der Waals surface area contributed by atoms with E-state index in [0.29, 0.717) is 22.8 Å². The van der Waals surface area contributed by atoms with Gasteiger partial charge in [-0.25, -0.2) is 4.57 Å². The number of phosphoric ester groups is 1. The number of Topliss-reactive ketones (excluding diaryl/α,β-unsaturated/α-hetero) is 1. The van der Waals surface area contributed by atoms with Gasteiger partial charge < -0.3 is 4.74 Å². The molecule has 0 aromatic heterocycles. The quantitative estimate of drug-likeness (QED) is 0.305. The maximum atomic E-state index is 12.5. The summed E-state index contributed by atoms with van der Waals surface area (Å²) in [4.78, 5) is 23.2. The molecule has 0 saturated carbocycles. The molecule has 3 rings (SSSR count). The Morgan fingerprint density at radius 1 is 1.12 bits per heavy atom. The molecule has 7 nitrogen and oxygen atoms in total. The van der Waals surface area contributed by atoms with Crippen molar-refractivity contribution in [3.05, 3.63) is 64.7 Å². The molecule has 0 radical (unpaired) electrons. The SMILES string of the molecule is C.COP(=O)(OC)OC(COc1ccc(CC2SC(=O)CC2=O)cc1)c1cccc(Cl)c1. The number of benzene rings is 2. The number of halogens is 1. The lowest BCUT2D eigenvalue weighted by atomic mass is 10.1. The van der Waals surface area contributed by atoms with Crippen LogP contribution in [0.25, 0.3) is 0 Å². The first-order chi connectivity index (χ1) is 14.8. The molecule has 1 heterocycles. The van der Waals surface area contributed by atoms with E-state index in [0.717, 1.165) is 17.3 Å². The maximum absolute atomic E-state index is 12.5. The number of hydrogen-bond donors (Lipinski definition) is 0. The molecule has 10 heteroatoms. The van der Waals surface area contributed by atoms with Crippen molar-refractivity contribution in [2.24, 2.45) is 0 Å². The zero-order valence-electron chi connectivity index (χ0n) is 17.0. The van der Waals surface area contributed by atoms with E-state index in [-0.39, 0.29) is 36.6 Å². The summed E-state index contributed by atoms with van der Waals surface area (Å²) in [6.45, 7) is 0.0296. The first-order valence-electron chi connectivity index (χ1n) is 9.41. The van der Waals surface area contributed by atoms with E-state index in [1.807, 2.05) is 12.1 Å². The second kappa shape index (κ2) is 12.0. The molecule has 174 valence electrons. The van der Waals surface area contributed by atoms with Crippen LogP contribution in [0.2, 0.25) is 5.02 Å². The molecule has 1 fully saturated rings. The van der Waals surface area contributed by atoms with Gasteiger partial charge in [0.25, 0.3) is 0 Å². The molecular formula is C22H26ClO7PS. The molecule has 0 amide bonds. The van der Waals surface area contributed by atoms with Crippen molar-refractivity contribution in [1.82, 2.24) is 0 Å². The van der Waals surface area contributed by atoms with Crippen molar-refractivity contribution in [2.45, 2.75) is 31.6 Å². The molecule has 2 aromatic carbocycles. The number of rotatable bonds is 10. The molecule has 32 heavy (non-hydrogen) atoms. The first-order valence-corrected chi connectivity index (χ1v) is 12.1. The number of carbonyl (C=O) groups excluding carboxylic acids is 2. The molecule has 0 N–H and O–H groups in total. The van der Waals surface area contributed by atoms with Gasteiger partial charge in [0.1, 0.15) is 18.5 Å². The van der Waals surface area contributed by atoms with E-state index in [1.54, 1.807) is 36.4 Å². The van der Waals surface area contributed by atoms with Crippen molar-refractivity contribution in [3.8, 4) is 5.75 Å². The second-order valence-corrected chi connectivity index (χ2v) is 10.3. The molecule has 0 aliphatic carbocycles. The van der Waals surface area contributed by atoms with Crippen molar-refractivity contribution in [2.75, 3.05) is 20.8 Å². The molecular weight excluding hydrogens is 475 g/mol. The lowest BCUT2D eigenvalue weighted by molar-refractivity contribution is -0.121. The molecule has 2 unspecified atom stereocenters. The van der Waals surface area contributed by atoms with Gasteiger partial charge in [-0.15, -0.1) is 0 Å². The Morgan fingerprint density at radius 2 is 1.81 bits per heavy atom. The minimum Gasteiger partial charge on any atom is -0.491 e. The van der Waals surface area contributed by atoms with Gasteiger partial charge in [0.2, 0.25) is 0 Å². The topological polar surface area (TPSA) is 88.1 Å². The predicted molar refractivity (Wildman–Crippen MR) is 125 cm³/mol. The summed E-state index contributed by atoms with van der Waals surface area (Å²) >= 11 is 7.17. The molecule has 0 bridgehead atoms. The van der Waals surface area contributed by atoms with Crippen molar-refractivity contribution >= 4 is 42.1 Å². The first kappa shape index (κ1) is 26.6.